The summed E-state index contributed by atoms with van der Waals surface area (Å²) in [6.45, 7) is 6.66. The lowest BCUT2D eigenvalue weighted by molar-refractivity contribution is 0.532. The van der Waals surface area contributed by atoms with Crippen molar-refractivity contribution >= 4 is 0 Å². The summed E-state index contributed by atoms with van der Waals surface area (Å²) in [7, 11) is 0. The van der Waals surface area contributed by atoms with Crippen molar-refractivity contribution in [2.24, 2.45) is 11.7 Å². The number of aryl methyl sites for hydroxylation is 3. The summed E-state index contributed by atoms with van der Waals surface area (Å²) in [6, 6.07) is 5.06. The zero-order valence-electron chi connectivity index (χ0n) is 10.7. The Bertz CT molecular complexity index is 358. The van der Waals surface area contributed by atoms with E-state index in [9.17, 15) is 0 Å². The van der Waals surface area contributed by atoms with Crippen LogP contribution in [0.1, 0.15) is 41.5 Å². The van der Waals surface area contributed by atoms with Gasteiger partial charge in [0.2, 0.25) is 0 Å². The highest BCUT2D eigenvalue weighted by Crippen LogP contribution is 2.30. The van der Waals surface area contributed by atoms with Gasteiger partial charge in [0.25, 0.3) is 0 Å². The fourth-order valence-electron chi connectivity index (χ4n) is 3.12. The van der Waals surface area contributed by atoms with Crippen LogP contribution in [0.3, 0.4) is 0 Å². The van der Waals surface area contributed by atoms with E-state index in [0.29, 0.717) is 6.04 Å². The zero-order chi connectivity index (χ0) is 11.7. The summed E-state index contributed by atoms with van der Waals surface area (Å²) in [5, 5.41) is 0. The molecule has 1 nitrogen and oxygen atoms in total. The maximum Gasteiger partial charge on any atom is 0.00416 e. The highest BCUT2D eigenvalue weighted by molar-refractivity contribution is 5.37. The van der Waals surface area contributed by atoms with Gasteiger partial charge in [0.15, 0.2) is 0 Å². The first-order valence-electron chi connectivity index (χ1n) is 6.38. The van der Waals surface area contributed by atoms with Gasteiger partial charge in [0, 0.05) is 6.04 Å². The van der Waals surface area contributed by atoms with Crippen LogP contribution in [0.2, 0.25) is 0 Å². The molecular formula is C15H23N. The van der Waals surface area contributed by atoms with Gasteiger partial charge in [-0.2, -0.15) is 0 Å². The average Bonchev–Trinajstić information content (AvgIpc) is 2.58. The molecule has 2 rings (SSSR count). The van der Waals surface area contributed by atoms with E-state index in [2.05, 4.69) is 32.9 Å². The maximum atomic E-state index is 5.98. The molecule has 0 bridgehead atoms. The van der Waals surface area contributed by atoms with E-state index in [4.69, 9.17) is 5.73 Å². The van der Waals surface area contributed by atoms with Crippen molar-refractivity contribution in [1.29, 1.82) is 0 Å². The topological polar surface area (TPSA) is 26.0 Å². The molecule has 1 aromatic carbocycles. The van der Waals surface area contributed by atoms with Crippen LogP contribution >= 0.6 is 0 Å². The molecule has 0 heterocycles. The van der Waals surface area contributed by atoms with E-state index < -0.39 is 0 Å². The second kappa shape index (κ2) is 4.58. The number of nitrogens with two attached hydrogens (primary N) is 1. The van der Waals surface area contributed by atoms with Gasteiger partial charge in [-0.25, -0.2) is 0 Å². The third-order valence-corrected chi connectivity index (χ3v) is 3.91. The highest BCUT2D eigenvalue weighted by atomic mass is 14.6. The molecule has 0 radical (unpaired) electrons. The SMILES string of the molecule is Cc1cc(C)c(CC2CCC(N)C2)c(C)c1. The Hall–Kier alpha value is -0.820. The molecule has 1 fully saturated rings. The minimum Gasteiger partial charge on any atom is -0.328 e. The van der Waals surface area contributed by atoms with Crippen molar-refractivity contribution in [3.8, 4) is 0 Å². The summed E-state index contributed by atoms with van der Waals surface area (Å²) >= 11 is 0. The molecule has 1 aromatic rings. The summed E-state index contributed by atoms with van der Waals surface area (Å²) in [6.07, 6.45) is 4.97. The van der Waals surface area contributed by atoms with Crippen LogP contribution < -0.4 is 5.73 Å². The monoisotopic (exact) mass is 217 g/mol. The van der Waals surface area contributed by atoms with Crippen LogP contribution in [0.25, 0.3) is 0 Å². The lowest BCUT2D eigenvalue weighted by Crippen LogP contribution is -2.15. The lowest BCUT2D eigenvalue weighted by atomic mass is 9.90. The van der Waals surface area contributed by atoms with Gasteiger partial charge in [-0.15, -0.1) is 0 Å². The van der Waals surface area contributed by atoms with Crippen LogP contribution in [-0.2, 0) is 6.42 Å². The highest BCUT2D eigenvalue weighted by Gasteiger charge is 2.22. The number of rotatable bonds is 2. The standard InChI is InChI=1S/C15H23N/c1-10-6-11(2)15(12(3)7-10)9-13-4-5-14(16)8-13/h6-7,13-14H,4-5,8-9,16H2,1-3H3. The number of benzene rings is 1. The van der Waals surface area contributed by atoms with Crippen LogP contribution in [-0.4, -0.2) is 6.04 Å². The molecule has 0 saturated heterocycles. The molecule has 0 aromatic heterocycles. The van der Waals surface area contributed by atoms with Gasteiger partial charge in [-0.3, -0.25) is 0 Å². The van der Waals surface area contributed by atoms with E-state index >= 15 is 0 Å². The Morgan fingerprint density at radius 1 is 1.12 bits per heavy atom. The molecule has 2 N–H and O–H groups in total. The van der Waals surface area contributed by atoms with Crippen LogP contribution in [0.4, 0.5) is 0 Å². The first-order chi connectivity index (χ1) is 7.56. The van der Waals surface area contributed by atoms with E-state index in [1.165, 1.54) is 42.4 Å². The van der Waals surface area contributed by atoms with Gasteiger partial charge >= 0.3 is 0 Å². The quantitative estimate of drug-likeness (QED) is 0.808. The van der Waals surface area contributed by atoms with Crippen molar-refractivity contribution in [2.75, 3.05) is 0 Å². The number of hydrogen-bond donors (Lipinski definition) is 1. The molecule has 16 heavy (non-hydrogen) atoms. The van der Waals surface area contributed by atoms with Crippen molar-refractivity contribution in [3.63, 3.8) is 0 Å². The summed E-state index contributed by atoms with van der Waals surface area (Å²) in [5.74, 6) is 0.815. The number of hydrogen-bond acceptors (Lipinski definition) is 1. The normalized spacial score (nSPS) is 25.0. The molecule has 0 spiro atoms. The molecular weight excluding hydrogens is 194 g/mol. The summed E-state index contributed by atoms with van der Waals surface area (Å²) in [4.78, 5) is 0. The second-order valence-electron chi connectivity index (χ2n) is 5.52. The Morgan fingerprint density at radius 2 is 1.75 bits per heavy atom. The van der Waals surface area contributed by atoms with Gasteiger partial charge in [-0.1, -0.05) is 17.7 Å². The fraction of sp³-hybridized carbons (Fsp3) is 0.600. The lowest BCUT2D eigenvalue weighted by Gasteiger charge is -2.15. The molecule has 2 atom stereocenters. The molecule has 2 unspecified atom stereocenters. The van der Waals surface area contributed by atoms with Gasteiger partial charge in [0.05, 0.1) is 0 Å². The molecule has 88 valence electrons. The van der Waals surface area contributed by atoms with E-state index in [1.807, 2.05) is 0 Å². The largest absolute Gasteiger partial charge is 0.328 e. The molecule has 1 heteroatoms. The Morgan fingerprint density at radius 3 is 2.25 bits per heavy atom. The van der Waals surface area contributed by atoms with Crippen LogP contribution in [0.5, 0.6) is 0 Å². The molecule has 1 aliphatic rings. The second-order valence-corrected chi connectivity index (χ2v) is 5.52. The van der Waals surface area contributed by atoms with Crippen LogP contribution in [0, 0.1) is 26.7 Å². The molecule has 0 aliphatic heterocycles. The van der Waals surface area contributed by atoms with Crippen LogP contribution in [0.15, 0.2) is 12.1 Å². The minimum absolute atomic E-state index is 0.455. The molecule has 1 saturated carbocycles. The molecule has 1 aliphatic carbocycles. The third-order valence-electron chi connectivity index (χ3n) is 3.91. The van der Waals surface area contributed by atoms with Crippen molar-refractivity contribution < 1.29 is 0 Å². The van der Waals surface area contributed by atoms with Crippen molar-refractivity contribution in [2.45, 2.75) is 52.5 Å². The maximum absolute atomic E-state index is 5.98. The van der Waals surface area contributed by atoms with E-state index in [1.54, 1.807) is 5.56 Å². The predicted molar refractivity (Wildman–Crippen MR) is 69.7 cm³/mol. The van der Waals surface area contributed by atoms with Crippen molar-refractivity contribution in [3.05, 3.63) is 34.4 Å². The van der Waals surface area contributed by atoms with Crippen molar-refractivity contribution in [1.82, 2.24) is 0 Å². The first-order valence-corrected chi connectivity index (χ1v) is 6.38. The van der Waals surface area contributed by atoms with E-state index in [0.717, 1.165) is 5.92 Å². The Kier molecular flexibility index (Phi) is 3.34. The molecule has 0 amide bonds. The Labute approximate surface area is 99.0 Å². The average molecular weight is 217 g/mol. The zero-order valence-corrected chi connectivity index (χ0v) is 10.7. The first kappa shape index (κ1) is 11.7. The smallest absolute Gasteiger partial charge is 0.00416 e. The van der Waals surface area contributed by atoms with Gasteiger partial charge in [-0.05, 0) is 69.1 Å². The fourth-order valence-corrected chi connectivity index (χ4v) is 3.12. The summed E-state index contributed by atoms with van der Waals surface area (Å²) < 4.78 is 0. The van der Waals surface area contributed by atoms with Gasteiger partial charge < -0.3 is 5.73 Å². The predicted octanol–water partition coefficient (Wildman–Crippen LogP) is 3.28. The minimum atomic E-state index is 0.455. The van der Waals surface area contributed by atoms with Gasteiger partial charge in [0.1, 0.15) is 0 Å². The van der Waals surface area contributed by atoms with E-state index in [-0.39, 0.29) is 0 Å². The summed E-state index contributed by atoms with van der Waals surface area (Å²) in [5.41, 5.74) is 11.8. The Balaban J connectivity index is 2.15. The third kappa shape index (κ3) is 2.46.